The second-order valence-corrected chi connectivity index (χ2v) is 6.02. The fraction of sp³-hybridized carbons (Fsp3) is 0.316. The zero-order chi connectivity index (χ0) is 15.5. The molecule has 0 aliphatic carbocycles. The molecule has 2 unspecified atom stereocenters. The van der Waals surface area contributed by atoms with E-state index in [1.54, 1.807) is 0 Å². The van der Waals surface area contributed by atoms with E-state index >= 15 is 0 Å². The number of hydrogen-bond donors (Lipinski definition) is 1. The monoisotopic (exact) mass is 295 g/mol. The fourth-order valence-corrected chi connectivity index (χ4v) is 3.12. The fourth-order valence-electron chi connectivity index (χ4n) is 3.12. The van der Waals surface area contributed by atoms with Crippen molar-refractivity contribution in [2.24, 2.45) is 5.92 Å². The van der Waals surface area contributed by atoms with E-state index in [9.17, 15) is 9.90 Å². The highest BCUT2D eigenvalue weighted by molar-refractivity contribution is 5.79. The lowest BCUT2D eigenvalue weighted by atomic mass is 9.96. The molecule has 0 saturated carbocycles. The Bertz CT molecular complexity index is 636. The number of rotatable bonds is 4. The van der Waals surface area contributed by atoms with E-state index in [1.165, 1.54) is 5.56 Å². The van der Waals surface area contributed by atoms with Crippen LogP contribution in [0.4, 0.5) is 0 Å². The number of carbonyl (C=O) groups is 1. The van der Waals surface area contributed by atoms with Crippen LogP contribution in [0.25, 0.3) is 0 Å². The Kier molecular flexibility index (Phi) is 4.25. The van der Waals surface area contributed by atoms with Crippen LogP contribution >= 0.6 is 0 Å². The summed E-state index contributed by atoms with van der Waals surface area (Å²) in [5, 5.41) is 9.38. The molecule has 0 spiro atoms. The highest BCUT2D eigenvalue weighted by Gasteiger charge is 2.35. The molecule has 3 heteroatoms. The molecule has 3 rings (SSSR count). The number of nitrogens with zero attached hydrogens (tertiary/aromatic N) is 1. The molecular formula is C19H21NO2. The van der Waals surface area contributed by atoms with Gasteiger partial charge in [0.05, 0.1) is 6.04 Å². The van der Waals surface area contributed by atoms with Crippen molar-refractivity contribution in [3.05, 3.63) is 71.3 Å². The molecule has 22 heavy (non-hydrogen) atoms. The first-order valence-corrected chi connectivity index (χ1v) is 7.71. The molecule has 1 saturated heterocycles. The smallest absolute Gasteiger partial charge is 0.223 e. The van der Waals surface area contributed by atoms with Crippen molar-refractivity contribution >= 4 is 5.91 Å². The number of aliphatic hydroxyl groups excluding tert-OH is 1. The molecule has 1 amide bonds. The molecule has 3 nitrogen and oxygen atoms in total. The maximum absolute atomic E-state index is 12.4. The zero-order valence-electron chi connectivity index (χ0n) is 12.8. The van der Waals surface area contributed by atoms with Gasteiger partial charge in [-0.15, -0.1) is 0 Å². The molecule has 0 bridgehead atoms. The third kappa shape index (κ3) is 2.90. The first kappa shape index (κ1) is 14.8. The van der Waals surface area contributed by atoms with Gasteiger partial charge >= 0.3 is 0 Å². The quantitative estimate of drug-likeness (QED) is 0.942. The number of amides is 1. The molecule has 1 heterocycles. The maximum atomic E-state index is 12.4. The van der Waals surface area contributed by atoms with Crippen LogP contribution in [-0.4, -0.2) is 29.1 Å². The summed E-state index contributed by atoms with van der Waals surface area (Å²) in [4.78, 5) is 14.3. The second kappa shape index (κ2) is 6.32. The van der Waals surface area contributed by atoms with Gasteiger partial charge in [-0.25, -0.2) is 0 Å². The Balaban J connectivity index is 2.00. The van der Waals surface area contributed by atoms with Crippen LogP contribution in [0, 0.1) is 12.8 Å². The normalized spacial score (nSPS) is 19.5. The molecule has 1 aliphatic heterocycles. The van der Waals surface area contributed by atoms with Crippen molar-refractivity contribution in [2.75, 3.05) is 13.2 Å². The highest BCUT2D eigenvalue weighted by Crippen LogP contribution is 2.33. The lowest BCUT2D eigenvalue weighted by Crippen LogP contribution is -2.31. The summed E-state index contributed by atoms with van der Waals surface area (Å²) in [5.41, 5.74) is 3.43. The molecule has 1 N–H and O–H groups in total. The van der Waals surface area contributed by atoms with E-state index in [2.05, 4.69) is 43.3 Å². The van der Waals surface area contributed by atoms with Gasteiger partial charge in [0.2, 0.25) is 5.91 Å². The number of likely N-dealkylation sites (tertiary alicyclic amines) is 1. The van der Waals surface area contributed by atoms with Crippen LogP contribution in [0.2, 0.25) is 0 Å². The third-order valence-electron chi connectivity index (χ3n) is 4.32. The Labute approximate surface area is 131 Å². The van der Waals surface area contributed by atoms with Crippen molar-refractivity contribution in [1.82, 2.24) is 4.90 Å². The topological polar surface area (TPSA) is 40.5 Å². The van der Waals surface area contributed by atoms with Crippen molar-refractivity contribution in [3.63, 3.8) is 0 Å². The molecular weight excluding hydrogens is 274 g/mol. The van der Waals surface area contributed by atoms with Crippen LogP contribution in [0.15, 0.2) is 54.6 Å². The molecule has 0 radical (unpaired) electrons. The molecule has 114 valence electrons. The lowest BCUT2D eigenvalue weighted by Gasteiger charge is -2.29. The van der Waals surface area contributed by atoms with Crippen LogP contribution in [-0.2, 0) is 4.79 Å². The molecule has 2 aromatic carbocycles. The van der Waals surface area contributed by atoms with Crippen LogP contribution in [0.5, 0.6) is 0 Å². The van der Waals surface area contributed by atoms with Gasteiger partial charge in [0.1, 0.15) is 0 Å². The number of aliphatic hydroxyl groups is 1. The first-order chi connectivity index (χ1) is 10.7. The van der Waals surface area contributed by atoms with E-state index < -0.39 is 0 Å². The summed E-state index contributed by atoms with van der Waals surface area (Å²) in [7, 11) is 0. The Hall–Kier alpha value is -2.13. The zero-order valence-corrected chi connectivity index (χ0v) is 12.8. The summed E-state index contributed by atoms with van der Waals surface area (Å²) >= 11 is 0. The first-order valence-electron chi connectivity index (χ1n) is 7.71. The summed E-state index contributed by atoms with van der Waals surface area (Å²) in [6, 6.07) is 18.4. The Morgan fingerprint density at radius 2 is 1.73 bits per heavy atom. The standard InChI is InChI=1S/C19H21NO2/c1-14-7-9-17(10-8-14)19(16-5-3-2-4-6-16)20-12-15(13-21)11-18(20)22/h2-10,15,19,21H,11-13H2,1H3. The van der Waals surface area contributed by atoms with Gasteiger partial charge in [-0.05, 0) is 18.1 Å². The minimum absolute atomic E-state index is 0.0455. The Morgan fingerprint density at radius 3 is 2.32 bits per heavy atom. The van der Waals surface area contributed by atoms with Crippen molar-refractivity contribution in [3.8, 4) is 0 Å². The largest absolute Gasteiger partial charge is 0.396 e. The van der Waals surface area contributed by atoms with E-state index in [0.717, 1.165) is 11.1 Å². The van der Waals surface area contributed by atoms with Crippen LogP contribution in [0.3, 0.4) is 0 Å². The van der Waals surface area contributed by atoms with Crippen LogP contribution in [0.1, 0.15) is 29.2 Å². The van der Waals surface area contributed by atoms with Crippen LogP contribution < -0.4 is 0 Å². The predicted octanol–water partition coefficient (Wildman–Crippen LogP) is 2.93. The highest BCUT2D eigenvalue weighted by atomic mass is 16.3. The molecule has 1 fully saturated rings. The van der Waals surface area contributed by atoms with Gasteiger partial charge in [0, 0.05) is 25.5 Å². The van der Waals surface area contributed by atoms with E-state index in [1.807, 2.05) is 23.1 Å². The number of benzene rings is 2. The molecule has 2 atom stereocenters. The van der Waals surface area contributed by atoms with Crippen molar-refractivity contribution < 1.29 is 9.90 Å². The molecule has 0 aromatic heterocycles. The predicted molar refractivity (Wildman–Crippen MR) is 86.4 cm³/mol. The van der Waals surface area contributed by atoms with Gasteiger partial charge in [-0.3, -0.25) is 4.79 Å². The molecule has 2 aromatic rings. The van der Waals surface area contributed by atoms with Gasteiger partial charge in [0.15, 0.2) is 0 Å². The number of carbonyl (C=O) groups excluding carboxylic acids is 1. The summed E-state index contributed by atoms with van der Waals surface area (Å²) in [6.07, 6.45) is 0.436. The molecule has 1 aliphatic rings. The summed E-state index contributed by atoms with van der Waals surface area (Å²) in [5.74, 6) is 0.164. The minimum atomic E-state index is -0.0779. The average Bonchev–Trinajstić information content (AvgIpc) is 2.92. The summed E-state index contributed by atoms with van der Waals surface area (Å²) in [6.45, 7) is 2.74. The van der Waals surface area contributed by atoms with E-state index in [0.29, 0.717) is 13.0 Å². The van der Waals surface area contributed by atoms with Gasteiger partial charge in [-0.1, -0.05) is 60.2 Å². The SMILES string of the molecule is Cc1ccc(C(c2ccccc2)N2CC(CO)CC2=O)cc1. The lowest BCUT2D eigenvalue weighted by molar-refractivity contribution is -0.129. The van der Waals surface area contributed by atoms with Crippen molar-refractivity contribution in [2.45, 2.75) is 19.4 Å². The second-order valence-electron chi connectivity index (χ2n) is 6.02. The van der Waals surface area contributed by atoms with Gasteiger partial charge in [-0.2, -0.15) is 0 Å². The van der Waals surface area contributed by atoms with Gasteiger partial charge in [0.25, 0.3) is 0 Å². The summed E-state index contributed by atoms with van der Waals surface area (Å²) < 4.78 is 0. The average molecular weight is 295 g/mol. The number of aryl methyl sites for hydroxylation is 1. The Morgan fingerprint density at radius 1 is 1.09 bits per heavy atom. The van der Waals surface area contributed by atoms with E-state index in [-0.39, 0.29) is 24.5 Å². The third-order valence-corrected chi connectivity index (χ3v) is 4.32. The number of hydrogen-bond acceptors (Lipinski definition) is 2. The maximum Gasteiger partial charge on any atom is 0.223 e. The van der Waals surface area contributed by atoms with Gasteiger partial charge < -0.3 is 10.0 Å². The van der Waals surface area contributed by atoms with E-state index in [4.69, 9.17) is 0 Å². The minimum Gasteiger partial charge on any atom is -0.396 e. The van der Waals surface area contributed by atoms with Crippen molar-refractivity contribution in [1.29, 1.82) is 0 Å².